The summed E-state index contributed by atoms with van der Waals surface area (Å²) in [6, 6.07) is 14.1. The topological polar surface area (TPSA) is 92.7 Å². The highest BCUT2D eigenvalue weighted by molar-refractivity contribution is 7.90. The second-order valence-electron chi connectivity index (χ2n) is 9.72. The highest BCUT2D eigenvalue weighted by Gasteiger charge is 2.34. The average Bonchev–Trinajstić information content (AvgIpc) is 2.96. The number of nitrogens with zero attached hydrogens (tertiary/aromatic N) is 4. The van der Waals surface area contributed by atoms with Crippen LogP contribution < -0.4 is 4.74 Å². The van der Waals surface area contributed by atoms with Crippen LogP contribution >= 0.6 is 0 Å². The molecular formula is C29H27F3N4O4S. The molecule has 0 aliphatic carbocycles. The van der Waals surface area contributed by atoms with Crippen molar-refractivity contribution < 1.29 is 31.1 Å². The van der Waals surface area contributed by atoms with Gasteiger partial charge in [0.1, 0.15) is 5.75 Å². The van der Waals surface area contributed by atoms with Crippen molar-refractivity contribution >= 4 is 26.6 Å². The number of amides is 1. The van der Waals surface area contributed by atoms with Crippen LogP contribution in [0.25, 0.3) is 10.9 Å². The Kier molecular flexibility index (Phi) is 7.96. The lowest BCUT2D eigenvalue weighted by atomic mass is 10.1. The van der Waals surface area contributed by atoms with Crippen LogP contribution in [0.15, 0.2) is 78.1 Å². The lowest BCUT2D eigenvalue weighted by Gasteiger charge is -2.35. The van der Waals surface area contributed by atoms with Crippen LogP contribution in [0.2, 0.25) is 0 Å². The van der Waals surface area contributed by atoms with Crippen molar-refractivity contribution in [3.05, 3.63) is 95.4 Å². The minimum absolute atomic E-state index is 0.0773. The van der Waals surface area contributed by atoms with Gasteiger partial charge in [0.05, 0.1) is 28.8 Å². The summed E-state index contributed by atoms with van der Waals surface area (Å²) < 4.78 is 72.2. The summed E-state index contributed by atoms with van der Waals surface area (Å²) in [5.41, 5.74) is 0.498. The predicted molar refractivity (Wildman–Crippen MR) is 146 cm³/mol. The lowest BCUT2D eigenvalue weighted by Crippen LogP contribution is -2.48. The van der Waals surface area contributed by atoms with Gasteiger partial charge in [-0.3, -0.25) is 19.7 Å². The fourth-order valence-electron chi connectivity index (χ4n) is 4.97. The zero-order valence-electron chi connectivity index (χ0n) is 22.1. The predicted octanol–water partition coefficient (Wildman–Crippen LogP) is 4.59. The Morgan fingerprint density at radius 3 is 2.46 bits per heavy atom. The SMILES string of the molecule is COc1cc(C(=O)N2CCN(Cc3cnccc3C(F)(F)F)CC2)ccc1CS(=O)(=O)c1cccc2cccnc12. The van der Waals surface area contributed by atoms with Crippen LogP contribution in [0.1, 0.15) is 27.0 Å². The molecule has 1 fully saturated rings. The lowest BCUT2D eigenvalue weighted by molar-refractivity contribution is -0.138. The largest absolute Gasteiger partial charge is 0.496 e. The van der Waals surface area contributed by atoms with Gasteiger partial charge in [-0.1, -0.05) is 24.3 Å². The van der Waals surface area contributed by atoms with Gasteiger partial charge in [0.2, 0.25) is 0 Å². The number of carbonyl (C=O) groups excluding carboxylic acids is 1. The van der Waals surface area contributed by atoms with Gasteiger partial charge >= 0.3 is 6.18 Å². The maximum atomic E-state index is 13.3. The summed E-state index contributed by atoms with van der Waals surface area (Å²) in [5.74, 6) is -0.344. The van der Waals surface area contributed by atoms with Crippen LogP contribution in [0.3, 0.4) is 0 Å². The van der Waals surface area contributed by atoms with Gasteiger partial charge in [-0.15, -0.1) is 0 Å². The number of carbonyl (C=O) groups is 1. The third kappa shape index (κ3) is 6.18. The second kappa shape index (κ2) is 11.5. The molecule has 0 saturated carbocycles. The quantitative estimate of drug-likeness (QED) is 0.314. The van der Waals surface area contributed by atoms with Crippen LogP contribution in [0.4, 0.5) is 13.2 Å². The maximum absolute atomic E-state index is 13.3. The highest BCUT2D eigenvalue weighted by Crippen LogP contribution is 2.32. The highest BCUT2D eigenvalue weighted by atomic mass is 32.2. The standard InChI is InChI=1S/C29H27F3N4O4S/c1-40-25-16-21(7-8-22(25)19-41(38,39)26-6-2-4-20-5-3-10-34-27(20)26)28(37)36-14-12-35(13-15-36)18-23-17-33-11-9-24(23)29(30,31)32/h2-11,16-17H,12-15,18-19H2,1H3. The Morgan fingerprint density at radius 2 is 1.73 bits per heavy atom. The molecule has 2 aromatic heterocycles. The Balaban J connectivity index is 1.27. The minimum Gasteiger partial charge on any atom is -0.496 e. The summed E-state index contributed by atoms with van der Waals surface area (Å²) >= 11 is 0. The molecule has 1 aliphatic heterocycles. The number of piperazine rings is 1. The van der Waals surface area contributed by atoms with Crippen molar-refractivity contribution in [1.82, 2.24) is 19.8 Å². The van der Waals surface area contributed by atoms with E-state index in [0.29, 0.717) is 48.2 Å². The zero-order chi connectivity index (χ0) is 29.2. The van der Waals surface area contributed by atoms with Crippen molar-refractivity contribution in [3.63, 3.8) is 0 Å². The second-order valence-corrected chi connectivity index (χ2v) is 11.7. The summed E-state index contributed by atoms with van der Waals surface area (Å²) in [5, 5.41) is 0.711. The smallest absolute Gasteiger partial charge is 0.416 e. The number of alkyl halides is 3. The molecule has 8 nitrogen and oxygen atoms in total. The molecule has 0 atom stereocenters. The molecule has 0 spiro atoms. The van der Waals surface area contributed by atoms with E-state index in [2.05, 4.69) is 9.97 Å². The Morgan fingerprint density at radius 1 is 0.976 bits per heavy atom. The third-order valence-electron chi connectivity index (χ3n) is 7.07. The molecule has 0 N–H and O–H groups in total. The maximum Gasteiger partial charge on any atom is 0.416 e. The summed E-state index contributed by atoms with van der Waals surface area (Å²) in [6.45, 7) is 1.52. The van der Waals surface area contributed by atoms with Crippen molar-refractivity contribution in [2.24, 2.45) is 0 Å². The molecule has 3 heterocycles. The normalized spacial score (nSPS) is 14.8. The van der Waals surface area contributed by atoms with E-state index in [0.717, 1.165) is 12.3 Å². The fraction of sp³-hybridized carbons (Fsp3) is 0.276. The number of methoxy groups -OCH3 is 1. The number of rotatable bonds is 7. The van der Waals surface area contributed by atoms with Gasteiger partial charge in [-0.2, -0.15) is 13.2 Å². The Bertz CT molecular complexity index is 1680. The number of benzene rings is 2. The first-order valence-corrected chi connectivity index (χ1v) is 14.5. The van der Waals surface area contributed by atoms with Crippen LogP contribution in [-0.4, -0.2) is 67.4 Å². The first-order valence-electron chi connectivity index (χ1n) is 12.8. The summed E-state index contributed by atoms with van der Waals surface area (Å²) in [7, 11) is -2.38. The monoisotopic (exact) mass is 584 g/mol. The third-order valence-corrected chi connectivity index (χ3v) is 8.76. The number of halogens is 3. The molecular weight excluding hydrogens is 557 g/mol. The average molecular weight is 585 g/mol. The van der Waals surface area contributed by atoms with Gasteiger partial charge in [0, 0.05) is 67.8 Å². The number of hydrogen-bond acceptors (Lipinski definition) is 7. The van der Waals surface area contributed by atoms with E-state index in [4.69, 9.17) is 4.74 Å². The summed E-state index contributed by atoms with van der Waals surface area (Å²) in [4.78, 5) is 24.9. The van der Waals surface area contributed by atoms with Gasteiger partial charge in [-0.25, -0.2) is 8.42 Å². The molecule has 4 aromatic rings. The molecule has 2 aromatic carbocycles. The van der Waals surface area contributed by atoms with E-state index in [1.165, 1.54) is 25.4 Å². The molecule has 12 heteroatoms. The first kappa shape index (κ1) is 28.5. The first-order chi connectivity index (χ1) is 19.6. The molecule has 0 radical (unpaired) electrons. The minimum atomic E-state index is -4.47. The van der Waals surface area contributed by atoms with E-state index >= 15 is 0 Å². The molecule has 214 valence electrons. The molecule has 41 heavy (non-hydrogen) atoms. The molecule has 0 bridgehead atoms. The Labute approximate surface area is 235 Å². The van der Waals surface area contributed by atoms with Gasteiger partial charge in [0.25, 0.3) is 5.91 Å². The van der Waals surface area contributed by atoms with Crippen LogP contribution in [-0.2, 0) is 28.3 Å². The van der Waals surface area contributed by atoms with Gasteiger partial charge in [0.15, 0.2) is 9.84 Å². The van der Waals surface area contributed by atoms with Crippen molar-refractivity contribution in [2.45, 2.75) is 23.4 Å². The van der Waals surface area contributed by atoms with E-state index < -0.39 is 21.6 Å². The summed E-state index contributed by atoms with van der Waals surface area (Å²) in [6.07, 6.45) is -0.572. The molecule has 1 saturated heterocycles. The van der Waals surface area contributed by atoms with E-state index in [-0.39, 0.29) is 34.4 Å². The number of fused-ring (bicyclic) bond motifs is 1. The van der Waals surface area contributed by atoms with Crippen LogP contribution in [0, 0.1) is 0 Å². The fourth-order valence-corrected chi connectivity index (χ4v) is 6.52. The Hall–Kier alpha value is -4.03. The van der Waals surface area contributed by atoms with E-state index in [9.17, 15) is 26.4 Å². The number of aromatic nitrogens is 2. The van der Waals surface area contributed by atoms with Crippen molar-refractivity contribution in [2.75, 3.05) is 33.3 Å². The van der Waals surface area contributed by atoms with Gasteiger partial charge in [-0.05, 0) is 35.9 Å². The van der Waals surface area contributed by atoms with Crippen molar-refractivity contribution in [3.8, 4) is 5.75 Å². The number of para-hydroxylation sites is 1. The number of hydrogen-bond donors (Lipinski definition) is 0. The van der Waals surface area contributed by atoms with Gasteiger partial charge < -0.3 is 9.64 Å². The number of ether oxygens (including phenoxy) is 1. The van der Waals surface area contributed by atoms with Crippen LogP contribution in [0.5, 0.6) is 5.75 Å². The molecule has 1 amide bonds. The zero-order valence-corrected chi connectivity index (χ0v) is 23.0. The molecule has 0 unspecified atom stereocenters. The van der Waals surface area contributed by atoms with E-state index in [1.807, 2.05) is 4.90 Å². The molecule has 5 rings (SSSR count). The van der Waals surface area contributed by atoms with E-state index in [1.54, 1.807) is 47.5 Å². The number of pyridine rings is 2. The molecule has 1 aliphatic rings. The number of sulfone groups is 1. The van der Waals surface area contributed by atoms with Crippen molar-refractivity contribution in [1.29, 1.82) is 0 Å².